The molecule has 0 atom stereocenters. The molecular formula is C21H23Cl2N3O4S. The van der Waals surface area contributed by atoms with Crippen molar-refractivity contribution in [3.05, 3.63) is 58.1 Å². The van der Waals surface area contributed by atoms with Gasteiger partial charge in [-0.1, -0.05) is 35.3 Å². The fourth-order valence-corrected chi connectivity index (χ4v) is 4.55. The van der Waals surface area contributed by atoms with Crippen molar-refractivity contribution in [2.45, 2.75) is 19.3 Å². The first kappa shape index (κ1) is 23.4. The van der Waals surface area contributed by atoms with Gasteiger partial charge >= 0.3 is 0 Å². The highest BCUT2D eigenvalue weighted by atomic mass is 35.5. The van der Waals surface area contributed by atoms with E-state index in [0.29, 0.717) is 24.3 Å². The van der Waals surface area contributed by atoms with Crippen LogP contribution in [-0.2, 0) is 14.8 Å². The highest BCUT2D eigenvalue weighted by molar-refractivity contribution is 7.92. The average molecular weight is 484 g/mol. The van der Waals surface area contributed by atoms with Crippen molar-refractivity contribution in [2.75, 3.05) is 35.5 Å². The van der Waals surface area contributed by atoms with Crippen LogP contribution >= 0.6 is 23.2 Å². The van der Waals surface area contributed by atoms with Crippen LogP contribution in [0.3, 0.4) is 0 Å². The highest BCUT2D eigenvalue weighted by Crippen LogP contribution is 2.28. The van der Waals surface area contributed by atoms with E-state index in [0.717, 1.165) is 29.8 Å². The molecule has 166 valence electrons. The van der Waals surface area contributed by atoms with E-state index < -0.39 is 22.5 Å². The Hall–Kier alpha value is -2.29. The Bertz CT molecular complexity index is 1090. The molecule has 7 nitrogen and oxygen atoms in total. The quantitative estimate of drug-likeness (QED) is 0.671. The van der Waals surface area contributed by atoms with Crippen molar-refractivity contribution in [1.29, 1.82) is 0 Å². The first-order valence-electron chi connectivity index (χ1n) is 9.78. The second-order valence-electron chi connectivity index (χ2n) is 7.31. The molecule has 0 unspecified atom stereocenters. The molecule has 2 aromatic carbocycles. The van der Waals surface area contributed by atoms with Crippen LogP contribution in [0.25, 0.3) is 0 Å². The molecule has 1 fully saturated rings. The third-order valence-corrected chi connectivity index (χ3v) is 6.83. The van der Waals surface area contributed by atoms with Crippen LogP contribution in [-0.4, -0.2) is 51.0 Å². The van der Waals surface area contributed by atoms with Crippen molar-refractivity contribution >= 4 is 56.4 Å². The van der Waals surface area contributed by atoms with Gasteiger partial charge in [-0.3, -0.25) is 13.9 Å². The van der Waals surface area contributed by atoms with Crippen LogP contribution < -0.4 is 9.62 Å². The number of para-hydroxylation sites is 1. The second-order valence-corrected chi connectivity index (χ2v) is 10.0. The molecular weight excluding hydrogens is 461 g/mol. The minimum absolute atomic E-state index is 0.153. The summed E-state index contributed by atoms with van der Waals surface area (Å²) < 4.78 is 25.5. The predicted octanol–water partition coefficient (Wildman–Crippen LogP) is 4.02. The third-order valence-electron chi connectivity index (χ3n) is 4.95. The van der Waals surface area contributed by atoms with Gasteiger partial charge in [0.05, 0.1) is 33.2 Å². The topological polar surface area (TPSA) is 86.8 Å². The Labute approximate surface area is 192 Å². The minimum atomic E-state index is -3.78. The van der Waals surface area contributed by atoms with Gasteiger partial charge in [0.2, 0.25) is 15.9 Å². The Kier molecular flexibility index (Phi) is 7.46. The number of hydrogen-bond acceptors (Lipinski definition) is 4. The largest absolute Gasteiger partial charge is 0.339 e. The summed E-state index contributed by atoms with van der Waals surface area (Å²) in [6.45, 7) is 0.879. The molecule has 1 heterocycles. The van der Waals surface area contributed by atoms with Gasteiger partial charge in [0.1, 0.15) is 6.54 Å². The van der Waals surface area contributed by atoms with Gasteiger partial charge in [-0.15, -0.1) is 0 Å². The number of hydrogen-bond donors (Lipinski definition) is 1. The van der Waals surface area contributed by atoms with Gasteiger partial charge < -0.3 is 10.2 Å². The summed E-state index contributed by atoms with van der Waals surface area (Å²) in [6.07, 6.45) is 4.00. The van der Waals surface area contributed by atoms with E-state index in [1.807, 2.05) is 0 Å². The van der Waals surface area contributed by atoms with E-state index in [4.69, 9.17) is 23.2 Å². The Morgan fingerprint density at radius 2 is 1.71 bits per heavy atom. The maximum atomic E-state index is 12.9. The number of amides is 2. The van der Waals surface area contributed by atoms with E-state index in [-0.39, 0.29) is 21.6 Å². The van der Waals surface area contributed by atoms with Gasteiger partial charge in [-0.05, 0) is 49.6 Å². The van der Waals surface area contributed by atoms with Crippen molar-refractivity contribution < 1.29 is 18.0 Å². The Morgan fingerprint density at radius 3 is 2.35 bits per heavy atom. The van der Waals surface area contributed by atoms with Crippen molar-refractivity contribution in [2.24, 2.45) is 0 Å². The molecule has 1 aliphatic rings. The first-order valence-corrected chi connectivity index (χ1v) is 12.4. The molecule has 2 aromatic rings. The first-order chi connectivity index (χ1) is 14.7. The molecule has 0 aromatic heterocycles. The molecule has 2 amide bonds. The molecule has 31 heavy (non-hydrogen) atoms. The standard InChI is InChI=1S/C21H23Cl2N3O4S/c1-31(29,30)26(15-9-10-17(22)18(23)13-15)14-20(27)24-19-8-4-3-7-16(19)21(28)25-11-5-2-6-12-25/h3-4,7-10,13H,2,5-6,11-12,14H2,1H3,(H,24,27). The van der Waals surface area contributed by atoms with Gasteiger partial charge in [0, 0.05) is 13.1 Å². The molecule has 10 heteroatoms. The molecule has 3 rings (SSSR count). The zero-order valence-electron chi connectivity index (χ0n) is 17.0. The number of carbonyl (C=O) groups excluding carboxylic acids is 2. The zero-order valence-corrected chi connectivity index (χ0v) is 19.3. The highest BCUT2D eigenvalue weighted by Gasteiger charge is 2.24. The summed E-state index contributed by atoms with van der Waals surface area (Å²) in [5.74, 6) is -0.740. The number of sulfonamides is 1. The lowest BCUT2D eigenvalue weighted by atomic mass is 10.1. The summed E-state index contributed by atoms with van der Waals surface area (Å²) in [7, 11) is -3.78. The zero-order chi connectivity index (χ0) is 22.6. The van der Waals surface area contributed by atoms with Crippen LogP contribution in [0.2, 0.25) is 10.0 Å². The van der Waals surface area contributed by atoms with Gasteiger partial charge in [0.15, 0.2) is 0 Å². The molecule has 0 saturated carbocycles. The average Bonchev–Trinajstić information content (AvgIpc) is 2.74. The number of nitrogens with one attached hydrogen (secondary N) is 1. The van der Waals surface area contributed by atoms with Gasteiger partial charge in [-0.25, -0.2) is 8.42 Å². The van der Waals surface area contributed by atoms with Crippen LogP contribution in [0.1, 0.15) is 29.6 Å². The van der Waals surface area contributed by atoms with Crippen molar-refractivity contribution in [1.82, 2.24) is 4.90 Å². The summed E-state index contributed by atoms with van der Waals surface area (Å²) in [5, 5.41) is 3.12. The number of rotatable bonds is 6. The molecule has 0 aliphatic carbocycles. The maximum absolute atomic E-state index is 12.9. The van der Waals surface area contributed by atoms with E-state index in [1.54, 1.807) is 29.2 Å². The van der Waals surface area contributed by atoms with Crippen LogP contribution in [0.4, 0.5) is 11.4 Å². The number of piperidine rings is 1. The van der Waals surface area contributed by atoms with Gasteiger partial charge in [0.25, 0.3) is 5.91 Å². The number of likely N-dealkylation sites (tertiary alicyclic amines) is 1. The van der Waals surface area contributed by atoms with E-state index >= 15 is 0 Å². The number of nitrogens with zero attached hydrogens (tertiary/aromatic N) is 2. The van der Waals surface area contributed by atoms with E-state index in [9.17, 15) is 18.0 Å². The monoisotopic (exact) mass is 483 g/mol. The maximum Gasteiger partial charge on any atom is 0.255 e. The van der Waals surface area contributed by atoms with Crippen LogP contribution in [0.15, 0.2) is 42.5 Å². The normalized spacial score (nSPS) is 14.2. The number of carbonyl (C=O) groups is 2. The minimum Gasteiger partial charge on any atom is -0.339 e. The third kappa shape index (κ3) is 5.90. The lowest BCUT2D eigenvalue weighted by molar-refractivity contribution is -0.114. The van der Waals surface area contributed by atoms with E-state index in [2.05, 4.69) is 5.32 Å². The SMILES string of the molecule is CS(=O)(=O)N(CC(=O)Nc1ccccc1C(=O)N1CCCCC1)c1ccc(Cl)c(Cl)c1. The summed E-state index contributed by atoms with van der Waals surface area (Å²) in [4.78, 5) is 27.4. The lowest BCUT2D eigenvalue weighted by Gasteiger charge is -2.27. The molecule has 1 N–H and O–H groups in total. The Balaban J connectivity index is 1.80. The van der Waals surface area contributed by atoms with Crippen molar-refractivity contribution in [3.63, 3.8) is 0 Å². The lowest BCUT2D eigenvalue weighted by Crippen LogP contribution is -2.38. The molecule has 1 saturated heterocycles. The smallest absolute Gasteiger partial charge is 0.255 e. The van der Waals surface area contributed by atoms with Gasteiger partial charge in [-0.2, -0.15) is 0 Å². The fraction of sp³-hybridized carbons (Fsp3) is 0.333. The van der Waals surface area contributed by atoms with Crippen molar-refractivity contribution in [3.8, 4) is 0 Å². The number of halogens is 2. The fourth-order valence-electron chi connectivity index (χ4n) is 3.41. The molecule has 0 radical (unpaired) electrons. The van der Waals surface area contributed by atoms with E-state index in [1.165, 1.54) is 18.2 Å². The summed E-state index contributed by atoms with van der Waals surface area (Å²) in [6, 6.07) is 11.0. The molecule has 0 spiro atoms. The Morgan fingerprint density at radius 1 is 1.03 bits per heavy atom. The summed E-state index contributed by atoms with van der Waals surface area (Å²) in [5.41, 5.74) is 0.925. The van der Waals surface area contributed by atoms with Crippen LogP contribution in [0, 0.1) is 0 Å². The molecule has 1 aliphatic heterocycles. The second kappa shape index (κ2) is 9.89. The van der Waals surface area contributed by atoms with Crippen LogP contribution in [0.5, 0.6) is 0 Å². The molecule has 0 bridgehead atoms. The number of anilines is 2. The summed E-state index contributed by atoms with van der Waals surface area (Å²) >= 11 is 11.9. The predicted molar refractivity (Wildman–Crippen MR) is 123 cm³/mol. The number of benzene rings is 2.